The number of amides is 1. The second-order valence-electron chi connectivity index (χ2n) is 7.50. The monoisotopic (exact) mass is 411 g/mol. The predicted molar refractivity (Wildman–Crippen MR) is 115 cm³/mol. The van der Waals surface area contributed by atoms with Gasteiger partial charge in [-0.2, -0.15) is 0 Å². The number of aromatic amines is 1. The van der Waals surface area contributed by atoms with Crippen molar-refractivity contribution in [3.8, 4) is 0 Å². The highest BCUT2D eigenvalue weighted by Crippen LogP contribution is 2.35. The van der Waals surface area contributed by atoms with Gasteiger partial charge in [-0.3, -0.25) is 9.59 Å². The molecule has 28 heavy (non-hydrogen) atoms. The summed E-state index contributed by atoms with van der Waals surface area (Å²) in [6.45, 7) is 2.07. The van der Waals surface area contributed by atoms with Crippen molar-refractivity contribution >= 4 is 44.9 Å². The largest absolute Gasteiger partial charge is 0.308 e. The van der Waals surface area contributed by atoms with Crippen molar-refractivity contribution in [2.75, 3.05) is 10.7 Å². The van der Waals surface area contributed by atoms with Crippen molar-refractivity contribution in [2.45, 2.75) is 50.2 Å². The molecule has 2 aliphatic rings. The van der Waals surface area contributed by atoms with Crippen LogP contribution in [0.2, 0.25) is 0 Å². The van der Waals surface area contributed by atoms with Gasteiger partial charge in [-0.15, -0.1) is 11.3 Å². The summed E-state index contributed by atoms with van der Waals surface area (Å²) in [6.07, 6.45) is 5.22. The number of nitrogens with one attached hydrogen (secondary N) is 1. The maximum Gasteiger partial charge on any atom is 0.260 e. The van der Waals surface area contributed by atoms with Gasteiger partial charge in [0, 0.05) is 16.6 Å². The molecule has 5 rings (SSSR count). The zero-order chi connectivity index (χ0) is 19.3. The van der Waals surface area contributed by atoms with Crippen molar-refractivity contribution in [1.82, 2.24) is 9.97 Å². The predicted octanol–water partition coefficient (Wildman–Crippen LogP) is 3.93. The molecule has 2 aromatic heterocycles. The number of hydrogen-bond donors (Lipinski definition) is 1. The quantitative estimate of drug-likeness (QED) is 0.524. The van der Waals surface area contributed by atoms with Crippen LogP contribution in [-0.2, 0) is 24.1 Å². The molecule has 1 aromatic carbocycles. The number of rotatable bonds is 3. The number of benzene rings is 1. The Kier molecular flexibility index (Phi) is 4.51. The highest BCUT2D eigenvalue weighted by atomic mass is 32.2. The van der Waals surface area contributed by atoms with Crippen LogP contribution in [-0.4, -0.2) is 27.7 Å². The van der Waals surface area contributed by atoms with Gasteiger partial charge in [0.15, 0.2) is 5.16 Å². The second kappa shape index (κ2) is 7.04. The van der Waals surface area contributed by atoms with Crippen molar-refractivity contribution < 1.29 is 4.79 Å². The molecule has 0 fully saturated rings. The number of thiophene rings is 1. The number of anilines is 1. The van der Waals surface area contributed by atoms with E-state index in [9.17, 15) is 9.59 Å². The standard InChI is InChI=1S/C21H21N3O2S2/c1-12-10-13-6-2-4-8-15(13)24(12)17(25)11-27-21-22-19(26)18-14-7-3-5-9-16(14)28-20(18)23-21/h2,4,6,8,12H,3,5,7,9-11H2,1H3,(H,22,23,26)/t12-/m0/s1. The first kappa shape index (κ1) is 17.9. The van der Waals surface area contributed by atoms with E-state index >= 15 is 0 Å². The van der Waals surface area contributed by atoms with Crippen molar-refractivity contribution in [1.29, 1.82) is 0 Å². The van der Waals surface area contributed by atoms with Crippen LogP contribution in [0.3, 0.4) is 0 Å². The lowest BCUT2D eigenvalue weighted by molar-refractivity contribution is -0.116. The summed E-state index contributed by atoms with van der Waals surface area (Å²) >= 11 is 2.95. The number of thioether (sulfide) groups is 1. The van der Waals surface area contributed by atoms with E-state index in [0.29, 0.717) is 5.16 Å². The molecule has 1 N–H and O–H groups in total. The van der Waals surface area contributed by atoms with Gasteiger partial charge in [0.25, 0.3) is 5.56 Å². The lowest BCUT2D eigenvalue weighted by atomic mass is 9.97. The zero-order valence-electron chi connectivity index (χ0n) is 15.7. The topological polar surface area (TPSA) is 66.1 Å². The SMILES string of the molecule is C[C@H]1Cc2ccccc2N1C(=O)CSc1nc2sc3c(c2c(=O)[nH]1)CCCC3. The van der Waals surface area contributed by atoms with Gasteiger partial charge in [0.1, 0.15) is 4.83 Å². The molecule has 0 radical (unpaired) electrons. The first-order valence-electron chi connectivity index (χ1n) is 9.69. The Morgan fingerprint density at radius 3 is 3.04 bits per heavy atom. The second-order valence-corrected chi connectivity index (χ2v) is 9.54. The molecule has 1 aliphatic carbocycles. The number of nitrogens with zero attached hydrogens (tertiary/aromatic N) is 2. The maximum absolute atomic E-state index is 12.9. The minimum atomic E-state index is -0.0702. The first-order chi connectivity index (χ1) is 13.6. The van der Waals surface area contributed by atoms with E-state index in [1.54, 1.807) is 11.3 Å². The lowest BCUT2D eigenvalue weighted by Crippen LogP contribution is -2.37. The molecule has 3 aromatic rings. The molecule has 1 aliphatic heterocycles. The molecule has 0 spiro atoms. The van der Waals surface area contributed by atoms with E-state index in [1.807, 2.05) is 23.1 Å². The van der Waals surface area contributed by atoms with Gasteiger partial charge in [-0.05, 0) is 56.2 Å². The Labute approximate surface area is 171 Å². The summed E-state index contributed by atoms with van der Waals surface area (Å²) in [5.74, 6) is 0.314. The third-order valence-electron chi connectivity index (χ3n) is 5.61. The number of carbonyl (C=O) groups is 1. The van der Waals surface area contributed by atoms with Crippen LogP contribution in [0.15, 0.2) is 34.2 Å². The molecule has 1 atom stereocenters. The molecule has 7 heteroatoms. The van der Waals surface area contributed by atoms with Crippen LogP contribution in [0.4, 0.5) is 5.69 Å². The fourth-order valence-electron chi connectivity index (χ4n) is 4.36. The fraction of sp³-hybridized carbons (Fsp3) is 0.381. The molecular weight excluding hydrogens is 390 g/mol. The smallest absolute Gasteiger partial charge is 0.260 e. The van der Waals surface area contributed by atoms with Crippen molar-refractivity contribution in [2.24, 2.45) is 0 Å². The molecule has 0 saturated carbocycles. The average molecular weight is 412 g/mol. The van der Waals surface area contributed by atoms with E-state index in [1.165, 1.54) is 34.2 Å². The summed E-state index contributed by atoms with van der Waals surface area (Å²) in [5, 5.41) is 1.29. The normalized spacial score (nSPS) is 18.3. The van der Waals surface area contributed by atoms with E-state index in [0.717, 1.165) is 41.6 Å². The van der Waals surface area contributed by atoms with Crippen LogP contribution >= 0.6 is 23.1 Å². The number of fused-ring (bicyclic) bond motifs is 4. The molecule has 144 valence electrons. The van der Waals surface area contributed by atoms with Gasteiger partial charge < -0.3 is 9.88 Å². The molecule has 0 saturated heterocycles. The minimum absolute atomic E-state index is 0.0515. The maximum atomic E-state index is 12.9. The summed E-state index contributed by atoms with van der Waals surface area (Å²) < 4.78 is 0. The Bertz CT molecular complexity index is 1130. The van der Waals surface area contributed by atoms with Gasteiger partial charge in [0.2, 0.25) is 5.91 Å². The van der Waals surface area contributed by atoms with Gasteiger partial charge in [-0.25, -0.2) is 4.98 Å². The lowest BCUT2D eigenvalue weighted by Gasteiger charge is -2.22. The number of para-hydroxylation sites is 1. The molecule has 1 amide bonds. The van der Waals surface area contributed by atoms with Crippen LogP contribution in [0, 0.1) is 0 Å². The van der Waals surface area contributed by atoms with Crippen LogP contribution in [0.5, 0.6) is 0 Å². The van der Waals surface area contributed by atoms with Crippen molar-refractivity contribution in [3.63, 3.8) is 0 Å². The molecule has 5 nitrogen and oxygen atoms in total. The summed E-state index contributed by atoms with van der Waals surface area (Å²) in [5.41, 5.74) is 3.34. The number of aromatic nitrogens is 2. The van der Waals surface area contributed by atoms with Crippen molar-refractivity contribution in [3.05, 3.63) is 50.6 Å². The fourth-order valence-corrected chi connectivity index (χ4v) is 6.40. The van der Waals surface area contributed by atoms with E-state index in [4.69, 9.17) is 0 Å². The Balaban J connectivity index is 1.38. The summed E-state index contributed by atoms with van der Waals surface area (Å²) in [6, 6.07) is 8.22. The van der Waals surface area contributed by atoms with Crippen LogP contribution in [0.1, 0.15) is 35.8 Å². The van der Waals surface area contributed by atoms with Crippen LogP contribution in [0.25, 0.3) is 10.2 Å². The number of hydrogen-bond acceptors (Lipinski definition) is 5. The molecule has 0 bridgehead atoms. The zero-order valence-corrected chi connectivity index (χ0v) is 17.3. The molecule has 0 unspecified atom stereocenters. The van der Waals surface area contributed by atoms with Gasteiger partial charge >= 0.3 is 0 Å². The Hall–Kier alpha value is -2.12. The van der Waals surface area contributed by atoms with E-state index in [-0.39, 0.29) is 23.3 Å². The first-order valence-corrected chi connectivity index (χ1v) is 11.5. The minimum Gasteiger partial charge on any atom is -0.308 e. The number of carbonyl (C=O) groups excluding carboxylic acids is 1. The van der Waals surface area contributed by atoms with Crippen LogP contribution < -0.4 is 10.5 Å². The number of aryl methyl sites for hydroxylation is 2. The molecule has 3 heterocycles. The van der Waals surface area contributed by atoms with Gasteiger partial charge in [-0.1, -0.05) is 30.0 Å². The number of H-pyrrole nitrogens is 1. The third kappa shape index (κ3) is 2.97. The summed E-state index contributed by atoms with van der Waals surface area (Å²) in [7, 11) is 0. The Morgan fingerprint density at radius 2 is 2.14 bits per heavy atom. The van der Waals surface area contributed by atoms with E-state index < -0.39 is 0 Å². The summed E-state index contributed by atoms with van der Waals surface area (Å²) in [4.78, 5) is 37.1. The van der Waals surface area contributed by atoms with Gasteiger partial charge in [0.05, 0.1) is 11.1 Å². The Morgan fingerprint density at radius 1 is 1.32 bits per heavy atom. The molecular formula is C21H21N3O2S2. The third-order valence-corrected chi connectivity index (χ3v) is 7.66. The van der Waals surface area contributed by atoms with E-state index in [2.05, 4.69) is 23.0 Å². The average Bonchev–Trinajstić information content (AvgIpc) is 3.22. The highest BCUT2D eigenvalue weighted by Gasteiger charge is 2.30. The highest BCUT2D eigenvalue weighted by molar-refractivity contribution is 7.99.